The summed E-state index contributed by atoms with van der Waals surface area (Å²) in [6.07, 6.45) is 4.44. The summed E-state index contributed by atoms with van der Waals surface area (Å²) in [6, 6.07) is 7.16. The minimum Gasteiger partial charge on any atom is -0.497 e. The first-order valence-electron chi connectivity index (χ1n) is 9.24. The molecule has 0 radical (unpaired) electrons. The number of anilines is 2. The van der Waals surface area contributed by atoms with Crippen molar-refractivity contribution < 1.29 is 14.3 Å². The van der Waals surface area contributed by atoms with Crippen molar-refractivity contribution in [3.05, 3.63) is 35.8 Å². The van der Waals surface area contributed by atoms with Gasteiger partial charge in [0.15, 0.2) is 0 Å². The van der Waals surface area contributed by atoms with Crippen molar-refractivity contribution in [3.63, 3.8) is 0 Å². The van der Waals surface area contributed by atoms with Crippen molar-refractivity contribution in [2.45, 2.75) is 32.6 Å². The highest BCUT2D eigenvalue weighted by Crippen LogP contribution is 2.31. The Morgan fingerprint density at radius 3 is 2.44 bits per heavy atom. The molecule has 27 heavy (non-hydrogen) atoms. The molecule has 2 heterocycles. The van der Waals surface area contributed by atoms with Gasteiger partial charge in [0, 0.05) is 25.2 Å². The van der Waals surface area contributed by atoms with E-state index in [1.165, 1.54) is 12.8 Å². The Kier molecular flexibility index (Phi) is 6.11. The molecule has 1 aliphatic rings. The molecule has 0 bridgehead atoms. The quantitative estimate of drug-likeness (QED) is 0.867. The Bertz CT molecular complexity index is 802. The molecule has 0 saturated carbocycles. The lowest BCUT2D eigenvalue weighted by Gasteiger charge is -2.20. The normalized spacial score (nSPS) is 14.4. The number of nitrogens with zero attached hydrogens (tertiary/aromatic N) is 3. The van der Waals surface area contributed by atoms with Crippen LogP contribution in [0.5, 0.6) is 11.5 Å². The van der Waals surface area contributed by atoms with E-state index < -0.39 is 0 Å². The minimum absolute atomic E-state index is 0.0388. The van der Waals surface area contributed by atoms with Gasteiger partial charge in [-0.25, -0.2) is 9.97 Å². The fraction of sp³-hybridized carbons (Fsp3) is 0.450. The van der Waals surface area contributed by atoms with Gasteiger partial charge in [0.2, 0.25) is 0 Å². The number of carbonyl (C=O) groups is 1. The number of benzene rings is 1. The Morgan fingerprint density at radius 1 is 1.04 bits per heavy atom. The molecule has 0 spiro atoms. The van der Waals surface area contributed by atoms with E-state index in [4.69, 9.17) is 9.47 Å². The van der Waals surface area contributed by atoms with Crippen LogP contribution in [-0.2, 0) is 0 Å². The van der Waals surface area contributed by atoms with Gasteiger partial charge < -0.3 is 19.7 Å². The number of aryl methyl sites for hydroxylation is 1. The van der Waals surface area contributed by atoms with E-state index in [1.54, 1.807) is 27.2 Å². The third-order valence-electron chi connectivity index (χ3n) is 4.62. The number of carbonyl (C=O) groups excluding carboxylic acids is 1. The first kappa shape index (κ1) is 18.9. The zero-order valence-corrected chi connectivity index (χ0v) is 16.1. The second-order valence-corrected chi connectivity index (χ2v) is 6.58. The molecular weight excluding hydrogens is 344 g/mol. The van der Waals surface area contributed by atoms with Crippen molar-refractivity contribution in [3.8, 4) is 11.5 Å². The van der Waals surface area contributed by atoms with Gasteiger partial charge in [0.05, 0.1) is 19.9 Å². The van der Waals surface area contributed by atoms with Gasteiger partial charge in [-0.2, -0.15) is 0 Å². The van der Waals surface area contributed by atoms with Gasteiger partial charge in [-0.05, 0) is 31.9 Å². The lowest BCUT2D eigenvalue weighted by molar-refractivity contribution is 0.0755. The predicted octanol–water partition coefficient (Wildman–Crippen LogP) is 3.56. The van der Waals surface area contributed by atoms with E-state index >= 15 is 0 Å². The van der Waals surface area contributed by atoms with Crippen LogP contribution in [0, 0.1) is 6.92 Å². The van der Waals surface area contributed by atoms with E-state index in [1.807, 2.05) is 23.1 Å². The first-order valence-corrected chi connectivity index (χ1v) is 9.24. The highest BCUT2D eigenvalue weighted by atomic mass is 16.5. The maximum Gasteiger partial charge on any atom is 0.272 e. The molecule has 1 fully saturated rings. The van der Waals surface area contributed by atoms with Gasteiger partial charge in [0.25, 0.3) is 5.91 Å². The standard InChI is InChI=1S/C20H26N4O3/c1-14-21-17(20(25)24-10-6-4-5-7-11-24)13-19(22-14)23-16-12-15(26-2)8-9-18(16)27-3/h8-9,12-13H,4-7,10-11H2,1-3H3,(H,21,22,23). The Hall–Kier alpha value is -2.83. The summed E-state index contributed by atoms with van der Waals surface area (Å²) in [4.78, 5) is 23.6. The smallest absolute Gasteiger partial charge is 0.272 e. The molecule has 1 N–H and O–H groups in total. The molecule has 1 aromatic carbocycles. The molecule has 3 rings (SSSR count). The highest BCUT2D eigenvalue weighted by Gasteiger charge is 2.20. The zero-order valence-electron chi connectivity index (χ0n) is 16.1. The van der Waals surface area contributed by atoms with E-state index in [2.05, 4.69) is 15.3 Å². The molecular formula is C20H26N4O3. The maximum atomic E-state index is 12.9. The number of hydrogen-bond donors (Lipinski definition) is 1. The summed E-state index contributed by atoms with van der Waals surface area (Å²) in [5.41, 5.74) is 1.12. The number of nitrogens with one attached hydrogen (secondary N) is 1. The zero-order chi connectivity index (χ0) is 19.2. The van der Waals surface area contributed by atoms with Crippen molar-refractivity contribution >= 4 is 17.4 Å². The fourth-order valence-electron chi connectivity index (χ4n) is 3.23. The average molecular weight is 370 g/mol. The third kappa shape index (κ3) is 4.67. The van der Waals surface area contributed by atoms with Crippen LogP contribution >= 0.6 is 0 Å². The summed E-state index contributed by atoms with van der Waals surface area (Å²) in [6.45, 7) is 3.36. The summed E-state index contributed by atoms with van der Waals surface area (Å²) < 4.78 is 10.7. The molecule has 7 heteroatoms. The van der Waals surface area contributed by atoms with Crippen LogP contribution in [0.3, 0.4) is 0 Å². The predicted molar refractivity (Wildman–Crippen MR) is 104 cm³/mol. The molecule has 1 amide bonds. The van der Waals surface area contributed by atoms with Crippen LogP contribution in [-0.4, -0.2) is 48.1 Å². The second-order valence-electron chi connectivity index (χ2n) is 6.58. The van der Waals surface area contributed by atoms with E-state index in [0.717, 1.165) is 25.9 Å². The summed E-state index contributed by atoms with van der Waals surface area (Å²) in [7, 11) is 3.21. The average Bonchev–Trinajstić information content (AvgIpc) is 2.96. The van der Waals surface area contributed by atoms with E-state index in [9.17, 15) is 4.79 Å². The summed E-state index contributed by atoms with van der Waals surface area (Å²) in [5, 5.41) is 3.22. The number of likely N-dealkylation sites (tertiary alicyclic amines) is 1. The van der Waals surface area contributed by atoms with Crippen molar-refractivity contribution in [2.75, 3.05) is 32.6 Å². The lowest BCUT2D eigenvalue weighted by atomic mass is 10.2. The molecule has 0 aliphatic carbocycles. The topological polar surface area (TPSA) is 76.6 Å². The van der Waals surface area contributed by atoms with Crippen LogP contribution < -0.4 is 14.8 Å². The molecule has 7 nitrogen and oxygen atoms in total. The monoisotopic (exact) mass is 370 g/mol. The lowest BCUT2D eigenvalue weighted by Crippen LogP contribution is -2.32. The SMILES string of the molecule is COc1ccc(OC)c(Nc2cc(C(=O)N3CCCCCC3)nc(C)n2)c1. The van der Waals surface area contributed by atoms with Crippen LogP contribution in [0.4, 0.5) is 11.5 Å². The van der Waals surface area contributed by atoms with E-state index in [0.29, 0.717) is 34.5 Å². The van der Waals surface area contributed by atoms with Crippen LogP contribution in [0.15, 0.2) is 24.3 Å². The summed E-state index contributed by atoms with van der Waals surface area (Å²) >= 11 is 0. The fourth-order valence-corrected chi connectivity index (χ4v) is 3.23. The van der Waals surface area contributed by atoms with E-state index in [-0.39, 0.29) is 5.91 Å². The maximum absolute atomic E-state index is 12.9. The van der Waals surface area contributed by atoms with Gasteiger partial charge >= 0.3 is 0 Å². The minimum atomic E-state index is -0.0388. The third-order valence-corrected chi connectivity index (χ3v) is 4.62. The van der Waals surface area contributed by atoms with Gasteiger partial charge in [0.1, 0.15) is 28.8 Å². The highest BCUT2D eigenvalue weighted by molar-refractivity contribution is 5.93. The van der Waals surface area contributed by atoms with Crippen LogP contribution in [0.2, 0.25) is 0 Å². The molecule has 2 aromatic rings. The number of hydrogen-bond acceptors (Lipinski definition) is 6. The van der Waals surface area contributed by atoms with Crippen LogP contribution in [0.25, 0.3) is 0 Å². The van der Waals surface area contributed by atoms with Crippen molar-refractivity contribution in [1.82, 2.24) is 14.9 Å². The molecule has 0 unspecified atom stereocenters. The molecule has 1 aliphatic heterocycles. The largest absolute Gasteiger partial charge is 0.497 e. The Balaban J connectivity index is 1.86. The molecule has 0 atom stereocenters. The van der Waals surface area contributed by atoms with Gasteiger partial charge in [-0.3, -0.25) is 4.79 Å². The van der Waals surface area contributed by atoms with Gasteiger partial charge in [-0.15, -0.1) is 0 Å². The second kappa shape index (κ2) is 8.70. The number of ether oxygens (including phenoxy) is 2. The summed E-state index contributed by atoms with van der Waals surface area (Å²) in [5.74, 6) is 2.41. The van der Waals surface area contributed by atoms with Gasteiger partial charge in [-0.1, -0.05) is 12.8 Å². The van der Waals surface area contributed by atoms with Crippen molar-refractivity contribution in [2.24, 2.45) is 0 Å². The number of methoxy groups -OCH3 is 2. The van der Waals surface area contributed by atoms with Crippen LogP contribution in [0.1, 0.15) is 42.0 Å². The molecule has 144 valence electrons. The first-order chi connectivity index (χ1) is 13.1. The number of amides is 1. The number of aromatic nitrogens is 2. The Morgan fingerprint density at radius 2 is 1.78 bits per heavy atom. The molecule has 1 saturated heterocycles. The number of rotatable bonds is 5. The Labute approximate surface area is 159 Å². The molecule has 1 aromatic heterocycles. The van der Waals surface area contributed by atoms with Crippen molar-refractivity contribution in [1.29, 1.82) is 0 Å².